The molecular formula is C13H25N3O. The van der Waals surface area contributed by atoms with Gasteiger partial charge in [-0.05, 0) is 19.3 Å². The molecule has 3 N–H and O–H groups in total. The minimum atomic E-state index is -0.0647. The molecule has 1 unspecified atom stereocenters. The summed E-state index contributed by atoms with van der Waals surface area (Å²) in [5.74, 6) is 0.370. The van der Waals surface area contributed by atoms with Crippen molar-refractivity contribution in [3.63, 3.8) is 0 Å². The molecule has 1 aliphatic heterocycles. The van der Waals surface area contributed by atoms with Crippen LogP contribution in [0.3, 0.4) is 0 Å². The SMILES string of the molecule is CCC1(C(=O)N2CCNCC2CN)CCCC1. The lowest BCUT2D eigenvalue weighted by atomic mass is 9.81. The van der Waals surface area contributed by atoms with Gasteiger partial charge in [-0.3, -0.25) is 4.79 Å². The van der Waals surface area contributed by atoms with Crippen molar-refractivity contribution in [2.75, 3.05) is 26.2 Å². The van der Waals surface area contributed by atoms with Crippen molar-refractivity contribution >= 4 is 5.91 Å². The number of hydrogen-bond donors (Lipinski definition) is 2. The smallest absolute Gasteiger partial charge is 0.229 e. The third-order valence-electron chi connectivity index (χ3n) is 4.57. The van der Waals surface area contributed by atoms with Crippen LogP contribution in [0.4, 0.5) is 0 Å². The summed E-state index contributed by atoms with van der Waals surface area (Å²) in [6.07, 6.45) is 5.54. The maximum absolute atomic E-state index is 12.8. The third-order valence-corrected chi connectivity index (χ3v) is 4.57. The number of carbonyl (C=O) groups is 1. The molecule has 0 spiro atoms. The molecule has 17 heavy (non-hydrogen) atoms. The van der Waals surface area contributed by atoms with E-state index in [4.69, 9.17) is 5.73 Å². The Bertz CT molecular complexity index is 274. The lowest BCUT2D eigenvalue weighted by Gasteiger charge is -2.41. The van der Waals surface area contributed by atoms with Crippen molar-refractivity contribution in [3.05, 3.63) is 0 Å². The highest BCUT2D eigenvalue weighted by molar-refractivity contribution is 5.83. The average Bonchev–Trinajstić information content (AvgIpc) is 2.88. The minimum Gasteiger partial charge on any atom is -0.335 e. The number of nitrogens with one attached hydrogen (secondary N) is 1. The van der Waals surface area contributed by atoms with Crippen LogP contribution in [0.1, 0.15) is 39.0 Å². The molecule has 0 aromatic heterocycles. The second-order valence-electron chi connectivity index (χ2n) is 5.43. The van der Waals surface area contributed by atoms with Gasteiger partial charge in [0.25, 0.3) is 0 Å². The van der Waals surface area contributed by atoms with E-state index in [-0.39, 0.29) is 11.5 Å². The average molecular weight is 239 g/mol. The van der Waals surface area contributed by atoms with Crippen molar-refractivity contribution in [1.29, 1.82) is 0 Å². The van der Waals surface area contributed by atoms with Crippen LogP contribution in [0.15, 0.2) is 0 Å². The Hall–Kier alpha value is -0.610. The highest BCUT2D eigenvalue weighted by Crippen LogP contribution is 2.42. The van der Waals surface area contributed by atoms with Crippen molar-refractivity contribution in [2.45, 2.75) is 45.1 Å². The standard InChI is InChI=1S/C13H25N3O/c1-2-13(5-3-4-6-13)12(17)16-8-7-15-10-11(16)9-14/h11,15H,2-10,14H2,1H3. The Morgan fingerprint density at radius 1 is 1.47 bits per heavy atom. The fourth-order valence-corrected chi connectivity index (χ4v) is 3.31. The summed E-state index contributed by atoms with van der Waals surface area (Å²) in [4.78, 5) is 14.8. The zero-order valence-corrected chi connectivity index (χ0v) is 10.9. The summed E-state index contributed by atoms with van der Waals surface area (Å²) < 4.78 is 0. The van der Waals surface area contributed by atoms with Crippen LogP contribution in [0.25, 0.3) is 0 Å². The van der Waals surface area contributed by atoms with Gasteiger partial charge in [-0.15, -0.1) is 0 Å². The van der Waals surface area contributed by atoms with E-state index in [0.717, 1.165) is 38.9 Å². The summed E-state index contributed by atoms with van der Waals surface area (Å²) in [7, 11) is 0. The maximum atomic E-state index is 12.8. The number of carbonyl (C=O) groups excluding carboxylic acids is 1. The van der Waals surface area contributed by atoms with E-state index in [1.807, 2.05) is 4.90 Å². The molecular weight excluding hydrogens is 214 g/mol. The first kappa shape index (κ1) is 12.8. The predicted octanol–water partition coefficient (Wildman–Crippen LogP) is 0.716. The van der Waals surface area contributed by atoms with Gasteiger partial charge in [0.15, 0.2) is 0 Å². The number of rotatable bonds is 3. The van der Waals surface area contributed by atoms with E-state index >= 15 is 0 Å². The van der Waals surface area contributed by atoms with E-state index in [1.165, 1.54) is 12.8 Å². The summed E-state index contributed by atoms with van der Waals surface area (Å²) in [5.41, 5.74) is 5.72. The van der Waals surface area contributed by atoms with Crippen molar-refractivity contribution in [1.82, 2.24) is 10.2 Å². The molecule has 2 fully saturated rings. The first-order valence-electron chi connectivity index (χ1n) is 6.95. The van der Waals surface area contributed by atoms with E-state index in [0.29, 0.717) is 12.5 Å². The predicted molar refractivity (Wildman–Crippen MR) is 68.6 cm³/mol. The van der Waals surface area contributed by atoms with Crippen LogP contribution in [0, 0.1) is 5.41 Å². The van der Waals surface area contributed by atoms with Crippen molar-refractivity contribution in [3.8, 4) is 0 Å². The van der Waals surface area contributed by atoms with Gasteiger partial charge < -0.3 is 16.0 Å². The van der Waals surface area contributed by atoms with Crippen LogP contribution >= 0.6 is 0 Å². The highest BCUT2D eigenvalue weighted by Gasteiger charge is 2.43. The van der Waals surface area contributed by atoms with E-state index in [1.54, 1.807) is 0 Å². The fourth-order valence-electron chi connectivity index (χ4n) is 3.31. The van der Waals surface area contributed by atoms with Gasteiger partial charge in [0.05, 0.1) is 6.04 Å². The first-order valence-corrected chi connectivity index (χ1v) is 6.95. The second-order valence-corrected chi connectivity index (χ2v) is 5.43. The molecule has 0 aromatic rings. The molecule has 2 rings (SSSR count). The van der Waals surface area contributed by atoms with Gasteiger partial charge >= 0.3 is 0 Å². The molecule has 4 heteroatoms. The van der Waals surface area contributed by atoms with E-state index in [2.05, 4.69) is 12.2 Å². The number of piperazine rings is 1. The van der Waals surface area contributed by atoms with Crippen LogP contribution in [-0.4, -0.2) is 43.0 Å². The molecule has 1 heterocycles. The summed E-state index contributed by atoms with van der Waals surface area (Å²) in [6.45, 7) is 5.30. The number of nitrogens with two attached hydrogens (primary N) is 1. The molecule has 1 saturated heterocycles. The summed E-state index contributed by atoms with van der Waals surface area (Å²) in [6, 6.07) is 0.195. The molecule has 0 bridgehead atoms. The first-order chi connectivity index (χ1) is 8.23. The largest absolute Gasteiger partial charge is 0.335 e. The molecule has 1 amide bonds. The highest BCUT2D eigenvalue weighted by atomic mass is 16.2. The lowest BCUT2D eigenvalue weighted by molar-refractivity contribution is -0.145. The Labute approximate surface area is 104 Å². The van der Waals surface area contributed by atoms with Gasteiger partial charge in [-0.25, -0.2) is 0 Å². The van der Waals surface area contributed by atoms with Gasteiger partial charge in [0.2, 0.25) is 5.91 Å². The molecule has 2 aliphatic rings. The summed E-state index contributed by atoms with van der Waals surface area (Å²) in [5, 5.41) is 3.32. The molecule has 98 valence electrons. The normalized spacial score (nSPS) is 28.4. The van der Waals surface area contributed by atoms with E-state index in [9.17, 15) is 4.79 Å². The van der Waals surface area contributed by atoms with Gasteiger partial charge in [0, 0.05) is 31.6 Å². The maximum Gasteiger partial charge on any atom is 0.229 e. The molecule has 0 radical (unpaired) electrons. The van der Waals surface area contributed by atoms with Crippen LogP contribution in [0.5, 0.6) is 0 Å². The topological polar surface area (TPSA) is 58.4 Å². The summed E-state index contributed by atoms with van der Waals surface area (Å²) >= 11 is 0. The Morgan fingerprint density at radius 2 is 2.18 bits per heavy atom. The zero-order valence-electron chi connectivity index (χ0n) is 10.9. The van der Waals surface area contributed by atoms with E-state index < -0.39 is 0 Å². The molecule has 0 aromatic carbocycles. The van der Waals surface area contributed by atoms with Crippen molar-refractivity contribution in [2.24, 2.45) is 11.1 Å². The Morgan fingerprint density at radius 3 is 2.76 bits per heavy atom. The van der Waals surface area contributed by atoms with Crippen LogP contribution in [-0.2, 0) is 4.79 Å². The van der Waals surface area contributed by atoms with Gasteiger partial charge in [0.1, 0.15) is 0 Å². The quantitative estimate of drug-likeness (QED) is 0.763. The Balaban J connectivity index is 2.11. The van der Waals surface area contributed by atoms with Crippen LogP contribution < -0.4 is 11.1 Å². The molecule has 1 aliphatic carbocycles. The monoisotopic (exact) mass is 239 g/mol. The molecule has 1 atom stereocenters. The number of amides is 1. The van der Waals surface area contributed by atoms with Crippen LogP contribution in [0.2, 0.25) is 0 Å². The fraction of sp³-hybridized carbons (Fsp3) is 0.923. The van der Waals surface area contributed by atoms with Gasteiger partial charge in [-0.2, -0.15) is 0 Å². The third kappa shape index (κ3) is 2.33. The zero-order chi connectivity index (χ0) is 12.3. The molecule has 1 saturated carbocycles. The number of hydrogen-bond acceptors (Lipinski definition) is 3. The number of nitrogens with zero attached hydrogens (tertiary/aromatic N) is 1. The Kier molecular flexibility index (Phi) is 4.05. The van der Waals surface area contributed by atoms with Crippen molar-refractivity contribution < 1.29 is 4.79 Å². The second kappa shape index (κ2) is 5.36. The lowest BCUT2D eigenvalue weighted by Crippen LogP contribution is -2.59. The minimum absolute atomic E-state index is 0.0647. The van der Waals surface area contributed by atoms with Gasteiger partial charge in [-0.1, -0.05) is 19.8 Å². The molecule has 4 nitrogen and oxygen atoms in total.